The van der Waals surface area contributed by atoms with Crippen LogP contribution in [0.3, 0.4) is 0 Å². The molecule has 0 heterocycles. The summed E-state index contributed by atoms with van der Waals surface area (Å²) in [5, 5.41) is 0. The fourth-order valence-corrected chi connectivity index (χ4v) is 2.27. The molecule has 28 heavy (non-hydrogen) atoms. The minimum absolute atomic E-state index is 0.301. The Morgan fingerprint density at radius 3 is 1.43 bits per heavy atom. The van der Waals surface area contributed by atoms with Crippen LogP contribution < -0.4 is 0 Å². The van der Waals surface area contributed by atoms with Gasteiger partial charge in [0.2, 0.25) is 0 Å². The standard InChI is InChI=1S/C25H38O3/c1-4-6-7-8-9-10-11-12-13-14-15-16-17-18-19-20-21-22-23-24(27-3)25(26)28-5-2/h6-7,9-10,12-13,15-16,18-19,21-22,24H,4-5,8,11,14,17,20,23H2,1-3H3. The number of ether oxygens (including phenoxy) is 2. The maximum absolute atomic E-state index is 11.6. The lowest BCUT2D eigenvalue weighted by Gasteiger charge is -2.11. The largest absolute Gasteiger partial charge is 0.464 e. The number of allylic oxidation sites excluding steroid dienone is 11. The smallest absolute Gasteiger partial charge is 0.335 e. The predicted octanol–water partition coefficient (Wildman–Crippen LogP) is 6.65. The van der Waals surface area contributed by atoms with Crippen molar-refractivity contribution in [3.8, 4) is 0 Å². The molecule has 0 spiro atoms. The van der Waals surface area contributed by atoms with Crippen molar-refractivity contribution < 1.29 is 14.3 Å². The van der Waals surface area contributed by atoms with E-state index in [-0.39, 0.29) is 5.97 Å². The van der Waals surface area contributed by atoms with E-state index in [0.29, 0.717) is 13.0 Å². The molecule has 0 rings (SSSR count). The number of carbonyl (C=O) groups excluding carboxylic acids is 1. The van der Waals surface area contributed by atoms with Gasteiger partial charge in [0.15, 0.2) is 6.10 Å². The predicted molar refractivity (Wildman–Crippen MR) is 120 cm³/mol. The van der Waals surface area contributed by atoms with Crippen molar-refractivity contribution in [3.63, 3.8) is 0 Å². The van der Waals surface area contributed by atoms with Gasteiger partial charge in [0, 0.05) is 13.5 Å². The van der Waals surface area contributed by atoms with E-state index in [4.69, 9.17) is 9.47 Å². The lowest BCUT2D eigenvalue weighted by atomic mass is 10.2. The number of hydrogen-bond donors (Lipinski definition) is 0. The molecular weight excluding hydrogens is 348 g/mol. The highest BCUT2D eigenvalue weighted by Crippen LogP contribution is 2.03. The minimum Gasteiger partial charge on any atom is -0.464 e. The van der Waals surface area contributed by atoms with Crippen LogP contribution in [0, 0.1) is 0 Å². The molecule has 3 heteroatoms. The first-order valence-electron chi connectivity index (χ1n) is 10.4. The van der Waals surface area contributed by atoms with Gasteiger partial charge in [0.05, 0.1) is 6.61 Å². The van der Waals surface area contributed by atoms with E-state index in [9.17, 15) is 4.79 Å². The summed E-state index contributed by atoms with van der Waals surface area (Å²) in [5.74, 6) is -0.301. The minimum atomic E-state index is -0.510. The second kappa shape index (κ2) is 21.2. The van der Waals surface area contributed by atoms with Gasteiger partial charge in [-0.25, -0.2) is 4.79 Å². The molecule has 0 aromatic rings. The normalized spacial score (nSPS) is 14.0. The van der Waals surface area contributed by atoms with Gasteiger partial charge < -0.3 is 9.47 Å². The van der Waals surface area contributed by atoms with Crippen LogP contribution >= 0.6 is 0 Å². The van der Waals surface area contributed by atoms with Crippen molar-refractivity contribution in [2.24, 2.45) is 0 Å². The molecule has 1 unspecified atom stereocenters. The summed E-state index contributed by atoms with van der Waals surface area (Å²) in [6.45, 7) is 4.32. The summed E-state index contributed by atoms with van der Waals surface area (Å²) in [4.78, 5) is 11.6. The molecule has 1 atom stereocenters. The summed E-state index contributed by atoms with van der Waals surface area (Å²) in [6.07, 6.45) is 31.8. The second-order valence-electron chi connectivity index (χ2n) is 6.13. The van der Waals surface area contributed by atoms with Gasteiger partial charge in [-0.15, -0.1) is 0 Å². The van der Waals surface area contributed by atoms with Crippen LogP contribution in [-0.2, 0) is 14.3 Å². The Morgan fingerprint density at radius 1 is 0.679 bits per heavy atom. The summed E-state index contributed by atoms with van der Waals surface area (Å²) in [6, 6.07) is 0. The van der Waals surface area contributed by atoms with Crippen LogP contribution in [0.1, 0.15) is 58.8 Å². The third-order valence-electron chi connectivity index (χ3n) is 3.78. The van der Waals surface area contributed by atoms with E-state index < -0.39 is 6.10 Å². The first-order chi connectivity index (χ1) is 13.8. The van der Waals surface area contributed by atoms with Crippen LogP contribution in [0.2, 0.25) is 0 Å². The molecule has 3 nitrogen and oxygen atoms in total. The van der Waals surface area contributed by atoms with Crippen molar-refractivity contribution in [2.75, 3.05) is 13.7 Å². The van der Waals surface area contributed by atoms with Gasteiger partial charge in [-0.2, -0.15) is 0 Å². The molecule has 0 N–H and O–H groups in total. The molecule has 0 aliphatic heterocycles. The monoisotopic (exact) mass is 386 g/mol. The van der Waals surface area contributed by atoms with E-state index in [2.05, 4.69) is 67.7 Å². The highest BCUT2D eigenvalue weighted by atomic mass is 16.6. The highest BCUT2D eigenvalue weighted by molar-refractivity contribution is 5.74. The van der Waals surface area contributed by atoms with E-state index in [1.165, 1.54) is 7.11 Å². The Labute approximate surface area is 172 Å². The molecular formula is C25H38O3. The molecule has 0 saturated carbocycles. The molecule has 0 aliphatic carbocycles. The summed E-state index contributed by atoms with van der Waals surface area (Å²) in [7, 11) is 1.53. The Morgan fingerprint density at radius 2 is 1.07 bits per heavy atom. The Balaban J connectivity index is 3.74. The maximum atomic E-state index is 11.6. The Hall–Kier alpha value is -2.13. The van der Waals surface area contributed by atoms with Gasteiger partial charge in [-0.3, -0.25) is 0 Å². The highest BCUT2D eigenvalue weighted by Gasteiger charge is 2.16. The molecule has 0 fully saturated rings. The molecule has 156 valence electrons. The summed E-state index contributed by atoms with van der Waals surface area (Å²) >= 11 is 0. The zero-order chi connectivity index (χ0) is 20.7. The fourth-order valence-electron chi connectivity index (χ4n) is 2.27. The molecule has 0 amide bonds. The van der Waals surface area contributed by atoms with Crippen molar-refractivity contribution in [1.82, 2.24) is 0 Å². The Bertz CT molecular complexity index is 536. The first kappa shape index (κ1) is 25.9. The van der Waals surface area contributed by atoms with Crippen molar-refractivity contribution >= 4 is 5.97 Å². The van der Waals surface area contributed by atoms with Crippen LogP contribution in [0.25, 0.3) is 0 Å². The quantitative estimate of drug-likeness (QED) is 0.220. The van der Waals surface area contributed by atoms with Crippen LogP contribution in [-0.4, -0.2) is 25.8 Å². The van der Waals surface area contributed by atoms with Gasteiger partial charge >= 0.3 is 5.97 Å². The second-order valence-corrected chi connectivity index (χ2v) is 6.13. The van der Waals surface area contributed by atoms with Gasteiger partial charge in [-0.05, 0) is 45.4 Å². The molecule has 0 bridgehead atoms. The maximum Gasteiger partial charge on any atom is 0.335 e. The van der Waals surface area contributed by atoms with Crippen molar-refractivity contribution in [2.45, 2.75) is 64.9 Å². The zero-order valence-corrected chi connectivity index (χ0v) is 17.9. The lowest BCUT2D eigenvalue weighted by Crippen LogP contribution is -2.24. The number of esters is 1. The van der Waals surface area contributed by atoms with Crippen molar-refractivity contribution in [1.29, 1.82) is 0 Å². The van der Waals surface area contributed by atoms with E-state index in [1.807, 2.05) is 12.2 Å². The average molecular weight is 387 g/mol. The van der Waals surface area contributed by atoms with Crippen LogP contribution in [0.4, 0.5) is 0 Å². The molecule has 0 aromatic heterocycles. The fraction of sp³-hybridized carbons (Fsp3) is 0.480. The van der Waals surface area contributed by atoms with E-state index in [0.717, 1.165) is 38.5 Å². The number of methoxy groups -OCH3 is 1. The third kappa shape index (κ3) is 17.3. The molecule has 0 radical (unpaired) electrons. The number of rotatable bonds is 16. The van der Waals surface area contributed by atoms with E-state index in [1.54, 1.807) is 6.92 Å². The molecule has 0 saturated heterocycles. The SMILES string of the molecule is CCC=CCC=CCC=CCC=CCC=CCC=CCC(OC)C(=O)OCC. The van der Waals surface area contributed by atoms with E-state index >= 15 is 0 Å². The first-order valence-corrected chi connectivity index (χ1v) is 10.4. The third-order valence-corrected chi connectivity index (χ3v) is 3.78. The topological polar surface area (TPSA) is 35.5 Å². The zero-order valence-electron chi connectivity index (χ0n) is 17.9. The van der Waals surface area contributed by atoms with Gasteiger partial charge in [0.25, 0.3) is 0 Å². The lowest BCUT2D eigenvalue weighted by molar-refractivity contribution is -0.154. The number of carbonyl (C=O) groups is 1. The van der Waals surface area contributed by atoms with Gasteiger partial charge in [-0.1, -0.05) is 79.8 Å². The Kier molecular flexibility index (Phi) is 19.6. The summed E-state index contributed by atoms with van der Waals surface area (Å²) < 4.78 is 10.1. The van der Waals surface area contributed by atoms with Crippen LogP contribution in [0.15, 0.2) is 72.9 Å². The molecule has 0 aromatic carbocycles. The average Bonchev–Trinajstić information content (AvgIpc) is 2.70. The van der Waals surface area contributed by atoms with Crippen molar-refractivity contribution in [3.05, 3.63) is 72.9 Å². The number of hydrogen-bond acceptors (Lipinski definition) is 3. The van der Waals surface area contributed by atoms with Crippen LogP contribution in [0.5, 0.6) is 0 Å². The van der Waals surface area contributed by atoms with Gasteiger partial charge in [0.1, 0.15) is 0 Å². The molecule has 0 aliphatic rings. The summed E-state index contributed by atoms with van der Waals surface area (Å²) in [5.41, 5.74) is 0.